The molecule has 0 saturated heterocycles. The van der Waals surface area contributed by atoms with Crippen molar-refractivity contribution in [3.8, 4) is 0 Å². The Balaban J connectivity index is 2.03. The first-order valence-corrected chi connectivity index (χ1v) is 3.93. The summed E-state index contributed by atoms with van der Waals surface area (Å²) < 4.78 is 0. The highest BCUT2D eigenvalue weighted by atomic mass is 14.6. The van der Waals surface area contributed by atoms with Gasteiger partial charge in [0.2, 0.25) is 0 Å². The first-order valence-electron chi connectivity index (χ1n) is 3.93. The summed E-state index contributed by atoms with van der Waals surface area (Å²) in [5, 5.41) is 0. The molecule has 8 heavy (non-hydrogen) atoms. The third-order valence-electron chi connectivity index (χ3n) is 3.69. The van der Waals surface area contributed by atoms with E-state index in [-0.39, 0.29) is 0 Å². The van der Waals surface area contributed by atoms with Crippen molar-refractivity contribution in [3.63, 3.8) is 0 Å². The summed E-state index contributed by atoms with van der Waals surface area (Å²) in [7, 11) is 0. The van der Waals surface area contributed by atoms with Gasteiger partial charge in [-0.15, -0.1) is 0 Å². The molecule has 0 aromatic heterocycles. The summed E-state index contributed by atoms with van der Waals surface area (Å²) in [6, 6.07) is 0. The molecule has 3 aliphatic carbocycles. The lowest BCUT2D eigenvalue weighted by atomic mass is 9.64. The van der Waals surface area contributed by atoms with Gasteiger partial charge in [0.15, 0.2) is 0 Å². The van der Waals surface area contributed by atoms with Gasteiger partial charge in [0, 0.05) is 0 Å². The molecule has 0 aromatic rings. The highest BCUT2D eigenvalue weighted by Gasteiger charge is 2.53. The minimum atomic E-state index is 1.20. The molecule has 0 heteroatoms. The number of rotatable bonds is 0. The lowest BCUT2D eigenvalue weighted by Gasteiger charge is -2.41. The summed E-state index contributed by atoms with van der Waals surface area (Å²) in [5.41, 5.74) is 0. The molecule has 0 aliphatic heterocycles. The van der Waals surface area contributed by atoms with E-state index in [2.05, 4.69) is 0 Å². The first-order chi connectivity index (χ1) is 3.93. The van der Waals surface area contributed by atoms with Crippen molar-refractivity contribution in [2.75, 3.05) is 0 Å². The van der Waals surface area contributed by atoms with Crippen molar-refractivity contribution in [2.45, 2.75) is 25.7 Å². The zero-order valence-corrected chi connectivity index (χ0v) is 5.14. The molecule has 44 valence electrons. The van der Waals surface area contributed by atoms with Gasteiger partial charge in [0.05, 0.1) is 0 Å². The summed E-state index contributed by atoms with van der Waals surface area (Å²) in [4.78, 5) is 0. The minimum absolute atomic E-state index is 1.20. The maximum absolute atomic E-state index is 1.62. The Morgan fingerprint density at radius 3 is 1.75 bits per heavy atom. The Hall–Kier alpha value is 0. The van der Waals surface area contributed by atoms with Crippen molar-refractivity contribution in [3.05, 3.63) is 0 Å². The van der Waals surface area contributed by atoms with Gasteiger partial charge in [-0.3, -0.25) is 0 Å². The molecule has 0 N–H and O–H groups in total. The summed E-state index contributed by atoms with van der Waals surface area (Å²) in [6.45, 7) is 0. The van der Waals surface area contributed by atoms with E-state index >= 15 is 0 Å². The fraction of sp³-hybridized carbons (Fsp3) is 1.00. The van der Waals surface area contributed by atoms with Gasteiger partial charge < -0.3 is 0 Å². The van der Waals surface area contributed by atoms with Crippen molar-refractivity contribution < 1.29 is 0 Å². The second kappa shape index (κ2) is 0.984. The molecule has 0 nitrogen and oxygen atoms in total. The molecule has 2 unspecified atom stereocenters. The van der Waals surface area contributed by atoms with Crippen molar-refractivity contribution in [1.29, 1.82) is 0 Å². The van der Waals surface area contributed by atoms with Crippen LogP contribution < -0.4 is 0 Å². The van der Waals surface area contributed by atoms with Crippen LogP contribution in [0, 0.1) is 23.7 Å². The average molecular weight is 108 g/mol. The van der Waals surface area contributed by atoms with Crippen LogP contribution >= 0.6 is 0 Å². The van der Waals surface area contributed by atoms with Crippen molar-refractivity contribution in [2.24, 2.45) is 23.7 Å². The fourth-order valence-corrected chi connectivity index (χ4v) is 3.38. The smallest absolute Gasteiger partial charge is 0.0354 e. The Morgan fingerprint density at radius 2 is 1.50 bits per heavy atom. The SMILES string of the molecule is C1C2CC3CC1C3C2. The van der Waals surface area contributed by atoms with Crippen molar-refractivity contribution >= 4 is 0 Å². The molecule has 0 heterocycles. The Labute approximate surface area is 50.3 Å². The van der Waals surface area contributed by atoms with E-state index in [1.807, 2.05) is 0 Å². The molecule has 3 fully saturated rings. The van der Waals surface area contributed by atoms with Crippen LogP contribution in [0.15, 0.2) is 0 Å². The molecule has 2 atom stereocenters. The molecule has 3 saturated carbocycles. The van der Waals surface area contributed by atoms with E-state index in [1.165, 1.54) is 23.7 Å². The Morgan fingerprint density at radius 1 is 0.750 bits per heavy atom. The van der Waals surface area contributed by atoms with Crippen LogP contribution in [0.3, 0.4) is 0 Å². The second-order valence-corrected chi connectivity index (χ2v) is 3.99. The van der Waals surface area contributed by atoms with Gasteiger partial charge in [-0.2, -0.15) is 0 Å². The van der Waals surface area contributed by atoms with Gasteiger partial charge in [0.25, 0.3) is 0 Å². The van der Waals surface area contributed by atoms with Gasteiger partial charge in [0.1, 0.15) is 0 Å². The molecule has 0 aromatic carbocycles. The third kappa shape index (κ3) is 0.260. The van der Waals surface area contributed by atoms with E-state index in [0.717, 1.165) is 0 Å². The van der Waals surface area contributed by atoms with Crippen LogP contribution in [-0.4, -0.2) is 0 Å². The third-order valence-corrected chi connectivity index (χ3v) is 3.69. The quantitative estimate of drug-likeness (QED) is 0.445. The summed E-state index contributed by atoms with van der Waals surface area (Å²) in [6.07, 6.45) is 6.46. The predicted molar refractivity (Wildman–Crippen MR) is 32.4 cm³/mol. The predicted octanol–water partition coefficient (Wildman–Crippen LogP) is 2.05. The average Bonchev–Trinajstić information content (AvgIpc) is 2.23. The lowest BCUT2D eigenvalue weighted by molar-refractivity contribution is 0.0842. The highest BCUT2D eigenvalue weighted by molar-refractivity contribution is 5.03. The minimum Gasteiger partial charge on any atom is -0.0473 e. The van der Waals surface area contributed by atoms with E-state index < -0.39 is 0 Å². The molecule has 0 spiro atoms. The van der Waals surface area contributed by atoms with Crippen LogP contribution in [-0.2, 0) is 0 Å². The van der Waals surface area contributed by atoms with Crippen LogP contribution in [0.1, 0.15) is 25.7 Å². The molecule has 0 amide bonds. The lowest BCUT2D eigenvalue weighted by Crippen LogP contribution is -2.33. The Kier molecular flexibility index (Phi) is 0.482. The summed E-state index contributed by atoms with van der Waals surface area (Å²) in [5.74, 6) is 4.88. The molecule has 3 rings (SSSR count). The normalized spacial score (nSPS) is 66.0. The molecular formula is C8H12. The van der Waals surface area contributed by atoms with Crippen molar-refractivity contribution in [1.82, 2.24) is 0 Å². The largest absolute Gasteiger partial charge is 0.0473 e. The number of fused-ring (bicyclic) bond motifs is 1. The first kappa shape index (κ1) is 3.92. The van der Waals surface area contributed by atoms with E-state index in [9.17, 15) is 0 Å². The van der Waals surface area contributed by atoms with Crippen LogP contribution in [0.2, 0.25) is 0 Å². The molecule has 3 aliphatic rings. The maximum atomic E-state index is 1.62. The van der Waals surface area contributed by atoms with E-state index in [0.29, 0.717) is 0 Å². The fourth-order valence-electron chi connectivity index (χ4n) is 3.38. The zero-order chi connectivity index (χ0) is 5.14. The van der Waals surface area contributed by atoms with Crippen LogP contribution in [0.25, 0.3) is 0 Å². The number of hydrogen-bond donors (Lipinski definition) is 0. The second-order valence-electron chi connectivity index (χ2n) is 3.99. The van der Waals surface area contributed by atoms with Gasteiger partial charge in [-0.1, -0.05) is 0 Å². The van der Waals surface area contributed by atoms with E-state index in [4.69, 9.17) is 0 Å². The topological polar surface area (TPSA) is 0 Å². The van der Waals surface area contributed by atoms with Crippen LogP contribution in [0.4, 0.5) is 0 Å². The monoisotopic (exact) mass is 108 g/mol. The van der Waals surface area contributed by atoms with Gasteiger partial charge in [-0.05, 0) is 49.4 Å². The maximum Gasteiger partial charge on any atom is -0.0354 e. The number of hydrogen-bond acceptors (Lipinski definition) is 0. The van der Waals surface area contributed by atoms with Gasteiger partial charge in [-0.25, -0.2) is 0 Å². The van der Waals surface area contributed by atoms with E-state index in [1.54, 1.807) is 25.7 Å². The zero-order valence-electron chi connectivity index (χ0n) is 5.14. The van der Waals surface area contributed by atoms with Gasteiger partial charge >= 0.3 is 0 Å². The summed E-state index contributed by atoms with van der Waals surface area (Å²) >= 11 is 0. The molecule has 0 radical (unpaired) electrons. The highest BCUT2D eigenvalue weighted by Crippen LogP contribution is 2.63. The molecule has 2 bridgehead atoms. The molecular weight excluding hydrogens is 96.1 g/mol. The standard InChI is InChI=1S/C8H12/c1-5-2-7-4-6(1)8(7)3-5/h5-8H,1-4H2. The Bertz CT molecular complexity index is 113. The van der Waals surface area contributed by atoms with Crippen LogP contribution in [0.5, 0.6) is 0 Å².